The minimum atomic E-state index is -0.0111. The lowest BCUT2D eigenvalue weighted by molar-refractivity contribution is -0.150. The van der Waals surface area contributed by atoms with E-state index in [4.69, 9.17) is 0 Å². The van der Waals surface area contributed by atoms with E-state index in [0.717, 1.165) is 37.8 Å². The highest BCUT2D eigenvalue weighted by Crippen LogP contribution is 2.66. The normalized spacial score (nSPS) is 40.4. The van der Waals surface area contributed by atoms with E-state index in [1.54, 1.807) is 6.07 Å². The van der Waals surface area contributed by atoms with Gasteiger partial charge in [-0.15, -0.1) is 0 Å². The molecular formula is C22H29NO2. The molecule has 0 spiro atoms. The highest BCUT2D eigenvalue weighted by Gasteiger charge is 2.66. The average molecular weight is 339 g/mol. The number of phenolic OH excluding ortho intramolecular Hbond substituents is 1. The molecule has 0 radical (unpaired) electrons. The van der Waals surface area contributed by atoms with Gasteiger partial charge in [-0.2, -0.15) is 0 Å². The van der Waals surface area contributed by atoms with Crippen LogP contribution in [0.4, 0.5) is 0 Å². The lowest BCUT2D eigenvalue weighted by atomic mass is 9.51. The number of likely N-dealkylation sites (tertiary alicyclic amines) is 1. The zero-order valence-corrected chi connectivity index (χ0v) is 15.6. The Bertz CT molecular complexity index is 769. The molecule has 3 fully saturated rings. The van der Waals surface area contributed by atoms with Gasteiger partial charge in [-0.1, -0.05) is 39.3 Å². The summed E-state index contributed by atoms with van der Waals surface area (Å²) in [5.74, 6) is 1.48. The van der Waals surface area contributed by atoms with Crippen molar-refractivity contribution in [1.82, 2.24) is 4.90 Å². The van der Waals surface area contributed by atoms with Crippen molar-refractivity contribution in [3.63, 3.8) is 0 Å². The van der Waals surface area contributed by atoms with Crippen molar-refractivity contribution >= 4 is 5.91 Å². The van der Waals surface area contributed by atoms with Crippen molar-refractivity contribution in [2.45, 2.75) is 70.8 Å². The molecule has 1 aromatic carbocycles. The van der Waals surface area contributed by atoms with Gasteiger partial charge in [-0.05, 0) is 60.6 Å². The summed E-state index contributed by atoms with van der Waals surface area (Å²) in [7, 11) is 0. The second-order valence-electron chi connectivity index (χ2n) is 9.77. The third-order valence-electron chi connectivity index (χ3n) is 8.72. The molecule has 3 heteroatoms. The molecule has 4 atom stereocenters. The van der Waals surface area contributed by atoms with E-state index in [-0.39, 0.29) is 22.3 Å². The van der Waals surface area contributed by atoms with Crippen molar-refractivity contribution in [3.8, 4) is 5.75 Å². The molecule has 25 heavy (non-hydrogen) atoms. The van der Waals surface area contributed by atoms with E-state index in [0.29, 0.717) is 17.6 Å². The van der Waals surface area contributed by atoms with Crippen LogP contribution in [0.3, 0.4) is 0 Å². The monoisotopic (exact) mass is 339 g/mol. The summed E-state index contributed by atoms with van der Waals surface area (Å²) in [6, 6.07) is 6.15. The van der Waals surface area contributed by atoms with Crippen LogP contribution in [-0.2, 0) is 16.6 Å². The van der Waals surface area contributed by atoms with Gasteiger partial charge in [0.1, 0.15) is 5.75 Å². The topological polar surface area (TPSA) is 40.5 Å². The van der Waals surface area contributed by atoms with Gasteiger partial charge >= 0.3 is 0 Å². The zero-order chi connectivity index (χ0) is 17.6. The number of carbonyl (C=O) groups excluding carboxylic acids is 1. The van der Waals surface area contributed by atoms with Crippen LogP contribution in [-0.4, -0.2) is 28.5 Å². The van der Waals surface area contributed by atoms with Gasteiger partial charge in [-0.25, -0.2) is 0 Å². The summed E-state index contributed by atoms with van der Waals surface area (Å²) < 4.78 is 0. The number of piperidine rings is 1. The maximum atomic E-state index is 13.5. The number of hydrogen-bond donors (Lipinski definition) is 1. The Morgan fingerprint density at radius 1 is 1.24 bits per heavy atom. The number of phenols is 1. The van der Waals surface area contributed by atoms with Crippen molar-refractivity contribution in [2.24, 2.45) is 16.7 Å². The van der Waals surface area contributed by atoms with Crippen LogP contribution in [0.5, 0.6) is 5.75 Å². The SMILES string of the molecule is CC1(C)[C@H]2Cc3c(O)cccc3[C@]1(C)CCN2C(=O)[C@@]12CCC[C@@H]1C2. The summed E-state index contributed by atoms with van der Waals surface area (Å²) >= 11 is 0. The fourth-order valence-corrected chi connectivity index (χ4v) is 6.55. The van der Waals surface area contributed by atoms with E-state index in [1.165, 1.54) is 18.4 Å². The van der Waals surface area contributed by atoms with Crippen LogP contribution >= 0.6 is 0 Å². The molecule has 4 aliphatic rings. The van der Waals surface area contributed by atoms with Crippen LogP contribution < -0.4 is 0 Å². The second kappa shape index (κ2) is 4.61. The molecule has 1 N–H and O–H groups in total. The number of benzene rings is 1. The number of amides is 1. The number of aromatic hydroxyl groups is 1. The van der Waals surface area contributed by atoms with Gasteiger partial charge in [0.05, 0.1) is 5.41 Å². The standard InChI is InChI=1S/C22H29NO2/c1-20(2)18-12-15-16(7-4-8-17(15)24)21(20,3)10-11-23(18)19(25)22-9-5-6-14(22)13-22/h4,7-8,14,18,24H,5-6,9-13H2,1-3H3/t14-,18-,21+,22-/m1/s1. The Labute approximate surface area is 150 Å². The summed E-state index contributed by atoms with van der Waals surface area (Å²) in [6.07, 6.45) is 6.46. The predicted molar refractivity (Wildman–Crippen MR) is 97.5 cm³/mol. The number of rotatable bonds is 1. The molecule has 2 bridgehead atoms. The quantitative estimate of drug-likeness (QED) is 0.839. The Hall–Kier alpha value is -1.51. The molecule has 1 amide bonds. The number of fused-ring (bicyclic) bond motifs is 5. The molecule has 1 heterocycles. The lowest BCUT2D eigenvalue weighted by Crippen LogP contribution is -2.65. The molecular weight excluding hydrogens is 310 g/mol. The van der Waals surface area contributed by atoms with E-state index in [1.807, 2.05) is 6.07 Å². The Kier molecular flexibility index (Phi) is 2.90. The maximum absolute atomic E-state index is 13.5. The third kappa shape index (κ3) is 1.75. The maximum Gasteiger partial charge on any atom is 0.229 e. The van der Waals surface area contributed by atoms with Gasteiger partial charge in [0, 0.05) is 18.0 Å². The van der Waals surface area contributed by atoms with E-state index in [2.05, 4.69) is 31.7 Å². The van der Waals surface area contributed by atoms with Crippen LogP contribution in [0.2, 0.25) is 0 Å². The van der Waals surface area contributed by atoms with Crippen LogP contribution in [0.1, 0.15) is 64.0 Å². The first-order chi connectivity index (χ1) is 11.8. The Balaban J connectivity index is 1.58. The smallest absolute Gasteiger partial charge is 0.229 e. The largest absolute Gasteiger partial charge is 0.508 e. The van der Waals surface area contributed by atoms with Gasteiger partial charge in [0.15, 0.2) is 0 Å². The summed E-state index contributed by atoms with van der Waals surface area (Å²) in [4.78, 5) is 15.7. The first-order valence-electron chi connectivity index (χ1n) is 9.94. The van der Waals surface area contributed by atoms with Gasteiger partial charge < -0.3 is 10.0 Å². The molecule has 134 valence electrons. The molecule has 1 aromatic rings. The number of nitrogens with zero attached hydrogens (tertiary/aromatic N) is 1. The minimum Gasteiger partial charge on any atom is -0.508 e. The van der Waals surface area contributed by atoms with Gasteiger partial charge in [-0.3, -0.25) is 4.79 Å². The number of hydrogen-bond acceptors (Lipinski definition) is 2. The first kappa shape index (κ1) is 15.7. The summed E-state index contributed by atoms with van der Waals surface area (Å²) in [5.41, 5.74) is 2.38. The molecule has 2 saturated carbocycles. The lowest BCUT2D eigenvalue weighted by Gasteiger charge is -2.61. The molecule has 1 aliphatic heterocycles. The molecule has 3 aliphatic carbocycles. The Morgan fingerprint density at radius 3 is 2.72 bits per heavy atom. The zero-order valence-electron chi connectivity index (χ0n) is 15.6. The number of carbonyl (C=O) groups is 1. The van der Waals surface area contributed by atoms with E-state index in [9.17, 15) is 9.90 Å². The highest BCUT2D eigenvalue weighted by molar-refractivity contribution is 5.87. The van der Waals surface area contributed by atoms with Gasteiger partial charge in [0.25, 0.3) is 0 Å². The fourth-order valence-electron chi connectivity index (χ4n) is 6.55. The molecule has 0 unspecified atom stereocenters. The minimum absolute atomic E-state index is 0.0110. The fraction of sp³-hybridized carbons (Fsp3) is 0.682. The molecule has 5 rings (SSSR count). The highest BCUT2D eigenvalue weighted by atomic mass is 16.3. The van der Waals surface area contributed by atoms with Crippen LogP contribution in [0.25, 0.3) is 0 Å². The second-order valence-corrected chi connectivity index (χ2v) is 9.77. The van der Waals surface area contributed by atoms with Crippen molar-refractivity contribution in [1.29, 1.82) is 0 Å². The molecule has 0 aromatic heterocycles. The van der Waals surface area contributed by atoms with Crippen LogP contribution in [0, 0.1) is 16.7 Å². The predicted octanol–water partition coefficient (Wildman–Crippen LogP) is 4.02. The van der Waals surface area contributed by atoms with E-state index >= 15 is 0 Å². The summed E-state index contributed by atoms with van der Waals surface area (Å²) in [5, 5.41) is 10.5. The van der Waals surface area contributed by atoms with Crippen molar-refractivity contribution in [3.05, 3.63) is 29.3 Å². The molecule has 1 saturated heterocycles. The average Bonchev–Trinajstić information content (AvgIpc) is 3.12. The first-order valence-corrected chi connectivity index (χ1v) is 9.94. The molecule has 3 nitrogen and oxygen atoms in total. The third-order valence-corrected chi connectivity index (χ3v) is 8.72. The Morgan fingerprint density at radius 2 is 2.04 bits per heavy atom. The summed E-state index contributed by atoms with van der Waals surface area (Å²) in [6.45, 7) is 7.88. The van der Waals surface area contributed by atoms with E-state index < -0.39 is 0 Å². The van der Waals surface area contributed by atoms with Crippen LogP contribution in [0.15, 0.2) is 18.2 Å². The van der Waals surface area contributed by atoms with Crippen molar-refractivity contribution in [2.75, 3.05) is 6.54 Å². The van der Waals surface area contributed by atoms with Gasteiger partial charge in [0.2, 0.25) is 5.91 Å². The van der Waals surface area contributed by atoms with Crippen molar-refractivity contribution < 1.29 is 9.90 Å².